The number of nitrogens with zero attached hydrogens (tertiary/aromatic N) is 4. The van der Waals surface area contributed by atoms with Crippen LogP contribution in [-0.4, -0.2) is 39.6 Å². The predicted molar refractivity (Wildman–Crippen MR) is 80.7 cm³/mol. The van der Waals surface area contributed by atoms with Crippen molar-refractivity contribution in [2.45, 2.75) is 11.7 Å². The zero-order valence-corrected chi connectivity index (χ0v) is 15.0. The number of hydrogen-bond donors (Lipinski definition) is 1. The fourth-order valence-electron chi connectivity index (χ4n) is 1.74. The molecular formula is C12H17BrClN5OS. The van der Waals surface area contributed by atoms with Crippen molar-refractivity contribution in [3.8, 4) is 5.75 Å². The number of benzene rings is 1. The molecular weight excluding hydrogens is 378 g/mol. The van der Waals surface area contributed by atoms with Crippen molar-refractivity contribution in [2.24, 2.45) is 7.05 Å². The largest absolute Gasteiger partial charge is 1.00 e. The first kappa shape index (κ1) is 18.2. The molecule has 0 unspecified atom stereocenters. The summed E-state index contributed by atoms with van der Waals surface area (Å²) in [6, 6.07) is 6.06. The van der Waals surface area contributed by atoms with Crippen LogP contribution < -0.4 is 22.5 Å². The number of quaternary nitrogens is 1. The maximum Gasteiger partial charge on any atom is 0.209 e. The Hall–Kier alpha value is -0.830. The smallest absolute Gasteiger partial charge is 0.209 e. The average Bonchev–Trinajstić information content (AvgIpc) is 2.84. The summed E-state index contributed by atoms with van der Waals surface area (Å²) in [6.07, 6.45) is 0. The lowest BCUT2D eigenvalue weighted by atomic mass is 10.2. The zero-order valence-electron chi connectivity index (χ0n) is 11.8. The highest BCUT2D eigenvalue weighted by Gasteiger charge is 2.06. The Morgan fingerprint density at radius 3 is 2.90 bits per heavy atom. The van der Waals surface area contributed by atoms with Gasteiger partial charge in [0.1, 0.15) is 12.3 Å². The summed E-state index contributed by atoms with van der Waals surface area (Å²) in [7, 11) is 3.54. The third-order valence-electron chi connectivity index (χ3n) is 2.74. The maximum absolute atomic E-state index is 5.36. The Kier molecular flexibility index (Phi) is 8.02. The number of methoxy groups -OCH3 is 1. The van der Waals surface area contributed by atoms with E-state index in [2.05, 4.69) is 42.8 Å². The molecule has 6 nitrogen and oxygen atoms in total. The molecule has 0 radical (unpaired) electrons. The molecule has 2 rings (SSSR count). The van der Waals surface area contributed by atoms with Gasteiger partial charge >= 0.3 is 0 Å². The fourth-order valence-corrected chi connectivity index (χ4v) is 2.93. The quantitative estimate of drug-likeness (QED) is 0.428. The highest BCUT2D eigenvalue weighted by Crippen LogP contribution is 2.21. The Balaban J connectivity index is 0.00000220. The standard InChI is InChI=1S/C12H16BrN5OS.ClH/c1-18-12(15-16-17-18)20-6-5-14-8-9-7-10(13)3-4-11(9)19-2;/h3-4,7,14H,5-6,8H2,1-2H3;1H. The van der Waals surface area contributed by atoms with E-state index in [1.165, 1.54) is 5.56 Å². The molecule has 9 heteroatoms. The van der Waals surface area contributed by atoms with E-state index in [-0.39, 0.29) is 12.4 Å². The van der Waals surface area contributed by atoms with Gasteiger partial charge < -0.3 is 22.5 Å². The summed E-state index contributed by atoms with van der Waals surface area (Å²) in [5.74, 6) is 1.89. The van der Waals surface area contributed by atoms with E-state index < -0.39 is 0 Å². The van der Waals surface area contributed by atoms with Crippen molar-refractivity contribution in [1.29, 1.82) is 0 Å². The summed E-state index contributed by atoms with van der Waals surface area (Å²) in [6.45, 7) is 1.88. The van der Waals surface area contributed by atoms with Crippen LogP contribution in [0.1, 0.15) is 5.56 Å². The summed E-state index contributed by atoms with van der Waals surface area (Å²) in [5, 5.41) is 14.4. The van der Waals surface area contributed by atoms with Crippen molar-refractivity contribution in [2.75, 3.05) is 19.4 Å². The minimum atomic E-state index is 0. The van der Waals surface area contributed by atoms with E-state index >= 15 is 0 Å². The monoisotopic (exact) mass is 393 g/mol. The van der Waals surface area contributed by atoms with Gasteiger partial charge in [-0.05, 0) is 28.6 Å². The summed E-state index contributed by atoms with van der Waals surface area (Å²) in [5.41, 5.74) is 1.19. The van der Waals surface area contributed by atoms with Crippen LogP contribution in [0.25, 0.3) is 0 Å². The lowest BCUT2D eigenvalue weighted by molar-refractivity contribution is -0.666. The van der Waals surface area contributed by atoms with Crippen LogP contribution in [0.3, 0.4) is 0 Å². The molecule has 116 valence electrons. The Morgan fingerprint density at radius 2 is 2.24 bits per heavy atom. The highest BCUT2D eigenvalue weighted by molar-refractivity contribution is 9.10. The maximum atomic E-state index is 5.36. The van der Waals surface area contributed by atoms with Crippen molar-refractivity contribution in [3.05, 3.63) is 28.2 Å². The van der Waals surface area contributed by atoms with Crippen molar-refractivity contribution in [1.82, 2.24) is 20.2 Å². The number of ether oxygens (including phenoxy) is 1. The number of hydrogen-bond acceptors (Lipinski definition) is 5. The molecule has 0 aliphatic rings. The molecule has 0 saturated carbocycles. The summed E-state index contributed by atoms with van der Waals surface area (Å²) >= 11 is 5.14. The van der Waals surface area contributed by atoms with Crippen LogP contribution in [0.15, 0.2) is 27.8 Å². The van der Waals surface area contributed by atoms with Crippen LogP contribution in [0.5, 0.6) is 5.75 Å². The van der Waals surface area contributed by atoms with Crippen LogP contribution in [0.4, 0.5) is 0 Å². The van der Waals surface area contributed by atoms with Gasteiger partial charge in [-0.3, -0.25) is 0 Å². The van der Waals surface area contributed by atoms with Gasteiger partial charge in [0.15, 0.2) is 0 Å². The second kappa shape index (κ2) is 9.24. The van der Waals surface area contributed by atoms with Gasteiger partial charge in [-0.2, -0.15) is 0 Å². The minimum Gasteiger partial charge on any atom is -1.00 e. The van der Waals surface area contributed by atoms with Gasteiger partial charge in [-0.1, -0.05) is 27.7 Å². The number of aryl methyl sites for hydroxylation is 1. The molecule has 1 aromatic heterocycles. The van der Waals surface area contributed by atoms with E-state index in [1.807, 2.05) is 19.2 Å². The number of tetrazole rings is 1. The molecule has 0 aliphatic carbocycles. The first-order valence-corrected chi connectivity index (χ1v) is 7.98. The lowest BCUT2D eigenvalue weighted by Gasteiger charge is -2.08. The zero-order chi connectivity index (χ0) is 14.4. The van der Waals surface area contributed by atoms with Crippen LogP contribution in [0.2, 0.25) is 0 Å². The molecule has 1 aromatic carbocycles. The molecule has 0 aliphatic heterocycles. The minimum absolute atomic E-state index is 0. The number of halogens is 2. The third-order valence-corrected chi connectivity index (χ3v) is 4.28. The molecule has 0 saturated heterocycles. The van der Waals surface area contributed by atoms with Gasteiger partial charge in [-0.15, -0.1) is 5.10 Å². The van der Waals surface area contributed by atoms with Crippen molar-refractivity contribution in [3.63, 3.8) is 0 Å². The highest BCUT2D eigenvalue weighted by atomic mass is 79.9. The summed E-state index contributed by atoms with van der Waals surface area (Å²) < 4.78 is 8.11. The van der Waals surface area contributed by atoms with E-state index in [9.17, 15) is 0 Å². The second-order valence-corrected chi connectivity index (χ2v) is 6.15. The molecule has 1 heterocycles. The van der Waals surface area contributed by atoms with E-state index in [0.717, 1.165) is 34.2 Å². The molecule has 2 aromatic rings. The Morgan fingerprint density at radius 1 is 1.43 bits per heavy atom. The van der Waals surface area contributed by atoms with Gasteiger partial charge in [0.05, 0.1) is 19.4 Å². The lowest BCUT2D eigenvalue weighted by Crippen LogP contribution is -3.00. The van der Waals surface area contributed by atoms with Gasteiger partial charge in [-0.25, -0.2) is 4.68 Å². The first-order valence-electron chi connectivity index (χ1n) is 6.20. The molecule has 0 amide bonds. The first-order chi connectivity index (χ1) is 9.70. The van der Waals surface area contributed by atoms with Crippen LogP contribution in [-0.2, 0) is 13.6 Å². The van der Waals surface area contributed by atoms with Crippen LogP contribution >= 0.6 is 27.7 Å². The molecule has 0 fully saturated rings. The van der Waals surface area contributed by atoms with Gasteiger partial charge in [0.25, 0.3) is 0 Å². The number of nitrogens with two attached hydrogens (primary N) is 1. The van der Waals surface area contributed by atoms with Crippen molar-refractivity contribution < 1.29 is 22.5 Å². The fraction of sp³-hybridized carbons (Fsp3) is 0.417. The number of rotatable bonds is 7. The van der Waals surface area contributed by atoms with Gasteiger partial charge in [0.2, 0.25) is 5.16 Å². The predicted octanol–water partition coefficient (Wildman–Crippen LogP) is -2.16. The third kappa shape index (κ3) is 5.46. The molecule has 0 bridgehead atoms. The van der Waals surface area contributed by atoms with Gasteiger partial charge in [0, 0.05) is 17.1 Å². The second-order valence-electron chi connectivity index (χ2n) is 4.17. The average molecular weight is 395 g/mol. The molecule has 0 spiro atoms. The van der Waals surface area contributed by atoms with E-state index in [0.29, 0.717) is 0 Å². The number of thioether (sulfide) groups is 1. The topological polar surface area (TPSA) is 69.4 Å². The Labute approximate surface area is 142 Å². The Bertz CT molecular complexity index is 568. The molecule has 0 atom stereocenters. The molecule has 2 N–H and O–H groups in total. The number of aromatic nitrogens is 4. The van der Waals surface area contributed by atoms with E-state index in [1.54, 1.807) is 23.6 Å². The SMILES string of the molecule is COc1ccc(Br)cc1C[NH2+]CCSc1nnnn1C.[Cl-]. The van der Waals surface area contributed by atoms with Crippen LogP contribution in [0, 0.1) is 0 Å². The normalized spacial score (nSPS) is 10.2. The van der Waals surface area contributed by atoms with Crippen molar-refractivity contribution >= 4 is 27.7 Å². The molecule has 21 heavy (non-hydrogen) atoms. The summed E-state index contributed by atoms with van der Waals surface area (Å²) in [4.78, 5) is 0. The van der Waals surface area contributed by atoms with E-state index in [4.69, 9.17) is 4.74 Å².